The van der Waals surface area contributed by atoms with Gasteiger partial charge >= 0.3 is 0 Å². The molecular weight excluding hydrogens is 258 g/mol. The molecule has 0 unspecified atom stereocenters. The van der Waals surface area contributed by atoms with Crippen molar-refractivity contribution in [1.82, 2.24) is 5.32 Å². The minimum Gasteiger partial charge on any atom is -0.313 e. The van der Waals surface area contributed by atoms with Gasteiger partial charge in [0, 0.05) is 6.54 Å². The zero-order valence-electron chi connectivity index (χ0n) is 9.06. The SMILES string of the molecule is CC(C)(C)CCNCc1csc(Br)c1. The van der Waals surface area contributed by atoms with E-state index in [4.69, 9.17) is 0 Å². The summed E-state index contributed by atoms with van der Waals surface area (Å²) in [6, 6.07) is 2.18. The fraction of sp³-hybridized carbons (Fsp3) is 0.636. The van der Waals surface area contributed by atoms with Crippen molar-refractivity contribution in [3.8, 4) is 0 Å². The van der Waals surface area contributed by atoms with Crippen molar-refractivity contribution in [3.05, 3.63) is 20.8 Å². The molecule has 0 aliphatic heterocycles. The molecule has 0 radical (unpaired) electrons. The summed E-state index contributed by atoms with van der Waals surface area (Å²) in [6.07, 6.45) is 1.22. The van der Waals surface area contributed by atoms with E-state index in [2.05, 4.69) is 53.5 Å². The van der Waals surface area contributed by atoms with Crippen LogP contribution in [0.1, 0.15) is 32.8 Å². The van der Waals surface area contributed by atoms with E-state index >= 15 is 0 Å². The third kappa shape index (κ3) is 5.13. The maximum Gasteiger partial charge on any atom is 0.0701 e. The molecule has 0 saturated carbocycles. The van der Waals surface area contributed by atoms with E-state index < -0.39 is 0 Å². The summed E-state index contributed by atoms with van der Waals surface area (Å²) in [4.78, 5) is 0. The van der Waals surface area contributed by atoms with E-state index in [0.29, 0.717) is 5.41 Å². The lowest BCUT2D eigenvalue weighted by atomic mass is 9.92. The number of nitrogens with one attached hydrogen (secondary N) is 1. The molecule has 1 aromatic heterocycles. The lowest BCUT2D eigenvalue weighted by molar-refractivity contribution is 0.366. The average molecular weight is 276 g/mol. The van der Waals surface area contributed by atoms with Crippen LogP contribution in [0.5, 0.6) is 0 Å². The highest BCUT2D eigenvalue weighted by atomic mass is 79.9. The zero-order chi connectivity index (χ0) is 10.6. The molecular formula is C11H18BrNS. The summed E-state index contributed by atoms with van der Waals surface area (Å²) in [5, 5.41) is 5.65. The Kier molecular flexibility index (Phi) is 4.61. The standard InChI is InChI=1S/C11H18BrNS/c1-11(2,3)4-5-13-7-9-6-10(12)14-8-9/h6,8,13H,4-5,7H2,1-3H3. The Morgan fingerprint density at radius 1 is 1.43 bits per heavy atom. The quantitative estimate of drug-likeness (QED) is 0.818. The summed E-state index contributed by atoms with van der Waals surface area (Å²) < 4.78 is 1.21. The average Bonchev–Trinajstić information content (AvgIpc) is 2.44. The second-order valence-corrected chi connectivity index (χ2v) is 7.04. The molecule has 0 amide bonds. The highest BCUT2D eigenvalue weighted by Crippen LogP contribution is 2.21. The van der Waals surface area contributed by atoms with E-state index in [1.165, 1.54) is 15.8 Å². The van der Waals surface area contributed by atoms with Gasteiger partial charge in [0.1, 0.15) is 0 Å². The van der Waals surface area contributed by atoms with E-state index in [1.807, 2.05) is 0 Å². The molecule has 1 N–H and O–H groups in total. The first-order chi connectivity index (χ1) is 6.47. The van der Waals surface area contributed by atoms with Gasteiger partial charge in [0.25, 0.3) is 0 Å². The molecule has 1 nitrogen and oxygen atoms in total. The number of hydrogen-bond donors (Lipinski definition) is 1. The van der Waals surface area contributed by atoms with Crippen LogP contribution in [0.25, 0.3) is 0 Å². The van der Waals surface area contributed by atoms with Crippen molar-refractivity contribution in [2.45, 2.75) is 33.7 Å². The lowest BCUT2D eigenvalue weighted by Crippen LogP contribution is -2.19. The van der Waals surface area contributed by atoms with Gasteiger partial charge in [0.15, 0.2) is 0 Å². The fourth-order valence-corrected chi connectivity index (χ4v) is 2.34. The van der Waals surface area contributed by atoms with E-state index in [9.17, 15) is 0 Å². The largest absolute Gasteiger partial charge is 0.313 e. The van der Waals surface area contributed by atoms with Crippen LogP contribution in [0.2, 0.25) is 0 Å². The highest BCUT2D eigenvalue weighted by Gasteiger charge is 2.08. The predicted octanol–water partition coefficient (Wildman–Crippen LogP) is 4.04. The van der Waals surface area contributed by atoms with Gasteiger partial charge < -0.3 is 5.32 Å². The normalized spacial score (nSPS) is 12.0. The van der Waals surface area contributed by atoms with Crippen molar-refractivity contribution < 1.29 is 0 Å². The van der Waals surface area contributed by atoms with Gasteiger partial charge in [-0.2, -0.15) is 0 Å². The van der Waals surface area contributed by atoms with Gasteiger partial charge in [0.05, 0.1) is 3.79 Å². The first kappa shape index (κ1) is 12.2. The molecule has 1 heterocycles. The summed E-state index contributed by atoms with van der Waals surface area (Å²) in [7, 11) is 0. The number of hydrogen-bond acceptors (Lipinski definition) is 2. The third-order valence-corrected chi connectivity index (χ3v) is 3.56. The van der Waals surface area contributed by atoms with Crippen molar-refractivity contribution in [1.29, 1.82) is 0 Å². The van der Waals surface area contributed by atoms with Crippen molar-refractivity contribution in [2.24, 2.45) is 5.41 Å². The minimum atomic E-state index is 0.433. The maximum absolute atomic E-state index is 3.46. The molecule has 0 fully saturated rings. The smallest absolute Gasteiger partial charge is 0.0701 e. The first-order valence-electron chi connectivity index (χ1n) is 4.91. The maximum atomic E-state index is 3.46. The molecule has 0 saturated heterocycles. The van der Waals surface area contributed by atoms with Crippen LogP contribution in [-0.2, 0) is 6.54 Å². The Morgan fingerprint density at radius 3 is 2.64 bits per heavy atom. The van der Waals surface area contributed by atoms with Gasteiger partial charge in [-0.05, 0) is 51.3 Å². The number of halogens is 1. The van der Waals surface area contributed by atoms with E-state index in [0.717, 1.165) is 13.1 Å². The molecule has 0 aliphatic carbocycles. The molecule has 0 aromatic carbocycles. The Hall–Kier alpha value is 0.140. The van der Waals surface area contributed by atoms with Crippen LogP contribution in [0.4, 0.5) is 0 Å². The molecule has 80 valence electrons. The molecule has 14 heavy (non-hydrogen) atoms. The molecule has 1 aromatic rings. The van der Waals surface area contributed by atoms with Crippen LogP contribution in [0, 0.1) is 5.41 Å². The third-order valence-electron chi connectivity index (χ3n) is 2.00. The van der Waals surface area contributed by atoms with Crippen LogP contribution in [0.3, 0.4) is 0 Å². The second kappa shape index (κ2) is 5.29. The van der Waals surface area contributed by atoms with Gasteiger partial charge in [-0.3, -0.25) is 0 Å². The summed E-state index contributed by atoms with van der Waals surface area (Å²) >= 11 is 5.21. The van der Waals surface area contributed by atoms with Crippen molar-refractivity contribution in [2.75, 3.05) is 6.54 Å². The van der Waals surface area contributed by atoms with Crippen LogP contribution in [0.15, 0.2) is 15.2 Å². The monoisotopic (exact) mass is 275 g/mol. The minimum absolute atomic E-state index is 0.433. The summed E-state index contributed by atoms with van der Waals surface area (Å²) in [6.45, 7) is 8.90. The van der Waals surface area contributed by atoms with Crippen LogP contribution in [-0.4, -0.2) is 6.54 Å². The van der Waals surface area contributed by atoms with Gasteiger partial charge in [-0.15, -0.1) is 11.3 Å². The van der Waals surface area contributed by atoms with Crippen molar-refractivity contribution >= 4 is 27.3 Å². The Labute approximate surface area is 99.0 Å². The predicted molar refractivity (Wildman–Crippen MR) is 67.8 cm³/mol. The Balaban J connectivity index is 2.16. The highest BCUT2D eigenvalue weighted by molar-refractivity contribution is 9.11. The van der Waals surface area contributed by atoms with Crippen molar-refractivity contribution in [3.63, 3.8) is 0 Å². The first-order valence-corrected chi connectivity index (χ1v) is 6.58. The molecule has 0 atom stereocenters. The van der Waals surface area contributed by atoms with Gasteiger partial charge in [0.2, 0.25) is 0 Å². The molecule has 0 spiro atoms. The van der Waals surface area contributed by atoms with E-state index in [1.54, 1.807) is 11.3 Å². The Bertz CT molecular complexity index is 275. The molecule has 0 bridgehead atoms. The Morgan fingerprint density at radius 2 is 2.14 bits per heavy atom. The number of rotatable bonds is 4. The molecule has 1 rings (SSSR count). The summed E-state index contributed by atoms with van der Waals surface area (Å²) in [5.74, 6) is 0. The number of thiophene rings is 1. The van der Waals surface area contributed by atoms with Gasteiger partial charge in [-0.25, -0.2) is 0 Å². The second-order valence-electron chi connectivity index (χ2n) is 4.75. The lowest BCUT2D eigenvalue weighted by Gasteiger charge is -2.17. The van der Waals surface area contributed by atoms with Crippen LogP contribution >= 0.6 is 27.3 Å². The van der Waals surface area contributed by atoms with E-state index in [-0.39, 0.29) is 0 Å². The van der Waals surface area contributed by atoms with Crippen LogP contribution < -0.4 is 5.32 Å². The zero-order valence-corrected chi connectivity index (χ0v) is 11.5. The molecule has 0 aliphatic rings. The summed E-state index contributed by atoms with van der Waals surface area (Å²) in [5.41, 5.74) is 1.80. The van der Waals surface area contributed by atoms with Gasteiger partial charge in [-0.1, -0.05) is 20.8 Å². The topological polar surface area (TPSA) is 12.0 Å². The molecule has 3 heteroatoms. The fourth-order valence-electron chi connectivity index (χ4n) is 1.13.